The summed E-state index contributed by atoms with van der Waals surface area (Å²) in [4.78, 5) is 2.72. The molecule has 2 N–H and O–H groups in total. The lowest BCUT2D eigenvalue weighted by molar-refractivity contribution is 0.0224. The molecule has 1 aliphatic carbocycles. The van der Waals surface area contributed by atoms with Gasteiger partial charge >= 0.3 is 0 Å². The molecule has 0 aromatic heterocycles. The molecule has 2 rings (SSSR count). The van der Waals surface area contributed by atoms with Crippen LogP contribution in [0, 0.1) is 11.3 Å². The second kappa shape index (κ2) is 6.36. The van der Waals surface area contributed by atoms with Gasteiger partial charge in [-0.15, -0.1) is 0 Å². The van der Waals surface area contributed by atoms with Crippen LogP contribution in [0.5, 0.6) is 0 Å². The number of nitrogens with two attached hydrogens (primary N) is 1. The van der Waals surface area contributed by atoms with E-state index in [9.17, 15) is 0 Å². The van der Waals surface area contributed by atoms with E-state index in [0.717, 1.165) is 12.5 Å². The number of rotatable bonds is 4. The molecule has 19 heavy (non-hydrogen) atoms. The molecule has 0 bridgehead atoms. The van der Waals surface area contributed by atoms with Gasteiger partial charge in [-0.3, -0.25) is 4.90 Å². The molecule has 1 saturated heterocycles. The van der Waals surface area contributed by atoms with Crippen LogP contribution < -0.4 is 5.73 Å². The van der Waals surface area contributed by atoms with Gasteiger partial charge in [0.05, 0.1) is 0 Å². The minimum Gasteiger partial charge on any atom is -0.329 e. The molecule has 0 aromatic rings. The first-order valence-corrected chi connectivity index (χ1v) is 9.22. The molecule has 0 aromatic carbocycles. The maximum atomic E-state index is 6.21. The summed E-state index contributed by atoms with van der Waals surface area (Å²) in [5, 5.41) is 0. The number of hydrogen-bond acceptors (Lipinski definition) is 3. The summed E-state index contributed by atoms with van der Waals surface area (Å²) in [6.07, 6.45) is 6.70. The minimum atomic E-state index is 0.335. The van der Waals surface area contributed by atoms with Crippen molar-refractivity contribution in [2.45, 2.75) is 58.4 Å². The van der Waals surface area contributed by atoms with Gasteiger partial charge in [-0.1, -0.05) is 27.2 Å². The average Bonchev–Trinajstić information content (AvgIpc) is 2.48. The van der Waals surface area contributed by atoms with Crippen molar-refractivity contribution >= 4 is 11.8 Å². The van der Waals surface area contributed by atoms with E-state index in [2.05, 4.69) is 37.4 Å². The largest absolute Gasteiger partial charge is 0.329 e. The van der Waals surface area contributed by atoms with Crippen LogP contribution >= 0.6 is 11.8 Å². The summed E-state index contributed by atoms with van der Waals surface area (Å²) in [7, 11) is 0. The zero-order valence-corrected chi connectivity index (χ0v) is 13.9. The fourth-order valence-electron chi connectivity index (χ4n) is 3.91. The lowest BCUT2D eigenvalue weighted by Gasteiger charge is -2.51. The predicted molar refractivity (Wildman–Crippen MR) is 86.7 cm³/mol. The molecular formula is C16H32N2S. The zero-order chi connectivity index (χ0) is 13.9. The minimum absolute atomic E-state index is 0.335. The predicted octanol–water partition coefficient (Wildman–Crippen LogP) is 3.36. The van der Waals surface area contributed by atoms with Gasteiger partial charge in [0.25, 0.3) is 0 Å². The monoisotopic (exact) mass is 284 g/mol. The average molecular weight is 285 g/mol. The van der Waals surface area contributed by atoms with Gasteiger partial charge < -0.3 is 5.73 Å². The highest BCUT2D eigenvalue weighted by Gasteiger charge is 2.42. The van der Waals surface area contributed by atoms with Crippen LogP contribution in [0.15, 0.2) is 0 Å². The van der Waals surface area contributed by atoms with Crippen molar-refractivity contribution < 1.29 is 0 Å². The van der Waals surface area contributed by atoms with Crippen molar-refractivity contribution in [3.63, 3.8) is 0 Å². The van der Waals surface area contributed by atoms with Crippen molar-refractivity contribution in [1.82, 2.24) is 4.90 Å². The molecule has 0 unspecified atom stereocenters. The number of nitrogens with zero attached hydrogens (tertiary/aromatic N) is 1. The van der Waals surface area contributed by atoms with E-state index in [1.165, 1.54) is 56.7 Å². The lowest BCUT2D eigenvalue weighted by Crippen LogP contribution is -2.58. The topological polar surface area (TPSA) is 29.3 Å². The van der Waals surface area contributed by atoms with Crippen LogP contribution in [-0.4, -0.2) is 41.6 Å². The van der Waals surface area contributed by atoms with E-state index < -0.39 is 0 Å². The van der Waals surface area contributed by atoms with E-state index in [1.807, 2.05) is 0 Å². The molecule has 1 heterocycles. The van der Waals surface area contributed by atoms with Crippen molar-refractivity contribution in [2.75, 3.05) is 31.1 Å². The van der Waals surface area contributed by atoms with Crippen molar-refractivity contribution in [1.29, 1.82) is 0 Å². The molecular weight excluding hydrogens is 252 g/mol. The van der Waals surface area contributed by atoms with E-state index >= 15 is 0 Å². The van der Waals surface area contributed by atoms with E-state index in [4.69, 9.17) is 5.73 Å². The Hall–Kier alpha value is 0.270. The van der Waals surface area contributed by atoms with Crippen molar-refractivity contribution in [2.24, 2.45) is 17.1 Å². The Morgan fingerprint density at radius 3 is 2.26 bits per heavy atom. The van der Waals surface area contributed by atoms with Crippen molar-refractivity contribution in [3.05, 3.63) is 0 Å². The number of hydrogen-bond donors (Lipinski definition) is 1. The van der Waals surface area contributed by atoms with E-state index in [0.29, 0.717) is 11.0 Å². The fourth-order valence-corrected chi connectivity index (χ4v) is 4.82. The van der Waals surface area contributed by atoms with Crippen LogP contribution in [0.2, 0.25) is 0 Å². The maximum absolute atomic E-state index is 6.21. The molecule has 3 heteroatoms. The SMILES string of the molecule is CCC(C)(C)C1CCC(CN)(N2CCSCC2)CC1. The van der Waals surface area contributed by atoms with Crippen LogP contribution in [0.25, 0.3) is 0 Å². The second-order valence-electron chi connectivity index (χ2n) is 7.14. The normalized spacial score (nSPS) is 34.4. The zero-order valence-electron chi connectivity index (χ0n) is 13.1. The van der Waals surface area contributed by atoms with Crippen LogP contribution in [-0.2, 0) is 0 Å². The smallest absolute Gasteiger partial charge is 0.0332 e. The summed E-state index contributed by atoms with van der Waals surface area (Å²) in [5.41, 5.74) is 7.05. The first-order valence-electron chi connectivity index (χ1n) is 8.07. The Morgan fingerprint density at radius 2 is 1.79 bits per heavy atom. The van der Waals surface area contributed by atoms with Gasteiger partial charge in [-0.25, -0.2) is 0 Å². The standard InChI is InChI=1S/C16H32N2S/c1-4-15(2,3)14-5-7-16(13-17,8-6-14)18-9-11-19-12-10-18/h14H,4-13,17H2,1-3H3. The van der Waals surface area contributed by atoms with Gasteiger partial charge in [0, 0.05) is 36.7 Å². The van der Waals surface area contributed by atoms with E-state index in [-0.39, 0.29) is 0 Å². The third-order valence-electron chi connectivity index (χ3n) is 5.99. The Kier molecular flexibility index (Phi) is 5.24. The highest BCUT2D eigenvalue weighted by atomic mass is 32.2. The quantitative estimate of drug-likeness (QED) is 0.858. The summed E-state index contributed by atoms with van der Waals surface area (Å²) in [6.45, 7) is 10.6. The molecule has 2 nitrogen and oxygen atoms in total. The third-order valence-corrected chi connectivity index (χ3v) is 6.94. The third kappa shape index (κ3) is 3.30. The molecule has 0 spiro atoms. The van der Waals surface area contributed by atoms with Gasteiger partial charge in [-0.05, 0) is 37.0 Å². The van der Waals surface area contributed by atoms with Crippen LogP contribution in [0.1, 0.15) is 52.9 Å². The molecule has 0 amide bonds. The van der Waals surface area contributed by atoms with Crippen LogP contribution in [0.3, 0.4) is 0 Å². The highest BCUT2D eigenvalue weighted by Crippen LogP contribution is 2.45. The molecule has 2 aliphatic rings. The first kappa shape index (κ1) is 15.7. The second-order valence-corrected chi connectivity index (χ2v) is 8.37. The summed E-state index contributed by atoms with van der Waals surface area (Å²) < 4.78 is 0. The summed E-state index contributed by atoms with van der Waals surface area (Å²) in [6, 6.07) is 0. The van der Waals surface area contributed by atoms with Crippen LogP contribution in [0.4, 0.5) is 0 Å². The van der Waals surface area contributed by atoms with Gasteiger partial charge in [0.15, 0.2) is 0 Å². The fraction of sp³-hybridized carbons (Fsp3) is 1.00. The Morgan fingerprint density at radius 1 is 1.21 bits per heavy atom. The van der Waals surface area contributed by atoms with E-state index in [1.54, 1.807) is 0 Å². The Bertz CT molecular complexity index is 276. The number of thioether (sulfide) groups is 1. The van der Waals surface area contributed by atoms with Gasteiger partial charge in [0.2, 0.25) is 0 Å². The summed E-state index contributed by atoms with van der Waals surface area (Å²) >= 11 is 2.10. The summed E-state index contributed by atoms with van der Waals surface area (Å²) in [5.74, 6) is 3.49. The lowest BCUT2D eigenvalue weighted by atomic mass is 9.65. The van der Waals surface area contributed by atoms with Crippen molar-refractivity contribution in [3.8, 4) is 0 Å². The Balaban J connectivity index is 1.98. The molecule has 1 aliphatic heterocycles. The molecule has 1 saturated carbocycles. The first-order chi connectivity index (χ1) is 9.04. The van der Waals surface area contributed by atoms with Gasteiger partial charge in [-0.2, -0.15) is 11.8 Å². The Labute approximate surface area is 123 Å². The molecule has 2 fully saturated rings. The molecule has 0 radical (unpaired) electrons. The highest BCUT2D eigenvalue weighted by molar-refractivity contribution is 7.99. The molecule has 112 valence electrons. The maximum Gasteiger partial charge on any atom is 0.0332 e. The van der Waals surface area contributed by atoms with Gasteiger partial charge in [0.1, 0.15) is 0 Å². The molecule has 0 atom stereocenters.